The largest absolute Gasteiger partial charge is 0.342 e. The summed E-state index contributed by atoms with van der Waals surface area (Å²) in [6.07, 6.45) is 1.88. The number of aromatic nitrogens is 2. The number of H-pyrrole nitrogens is 1. The second-order valence-corrected chi connectivity index (χ2v) is 4.55. The zero-order valence-corrected chi connectivity index (χ0v) is 10.4. The van der Waals surface area contributed by atoms with Crippen LogP contribution in [0.2, 0.25) is 0 Å². The Morgan fingerprint density at radius 2 is 2.21 bits per heavy atom. The summed E-state index contributed by atoms with van der Waals surface area (Å²) in [4.78, 5) is 18.8. The molecule has 0 aliphatic carbocycles. The van der Waals surface area contributed by atoms with Crippen LogP contribution in [0.25, 0.3) is 11.0 Å². The van der Waals surface area contributed by atoms with Gasteiger partial charge in [0.1, 0.15) is 5.82 Å². The highest BCUT2D eigenvalue weighted by molar-refractivity contribution is 6.05. The molecule has 0 spiro atoms. The van der Waals surface area contributed by atoms with Crippen LogP contribution in [0, 0.1) is 0 Å². The molecule has 0 bridgehead atoms. The van der Waals surface area contributed by atoms with Crippen molar-refractivity contribution >= 4 is 22.7 Å². The molecule has 0 unspecified atom stereocenters. The molecule has 98 valence electrons. The Balaban J connectivity index is 1.95. The van der Waals surface area contributed by atoms with Gasteiger partial charge in [0, 0.05) is 24.8 Å². The van der Waals surface area contributed by atoms with Gasteiger partial charge in [0.25, 0.3) is 0 Å². The van der Waals surface area contributed by atoms with Gasteiger partial charge >= 0.3 is 0 Å². The normalized spacial score (nSPS) is 15.4. The number of hydrazone groups is 1. The maximum Gasteiger partial charge on any atom is 0.240 e. The maximum atomic E-state index is 11.1. The van der Waals surface area contributed by atoms with Crippen LogP contribution in [0.1, 0.15) is 24.2 Å². The van der Waals surface area contributed by atoms with Gasteiger partial charge in [0.15, 0.2) is 0 Å². The fraction of sp³-hybridized carbons (Fsp3) is 0.308. The third-order valence-corrected chi connectivity index (χ3v) is 3.15. The van der Waals surface area contributed by atoms with E-state index in [2.05, 4.69) is 20.5 Å². The van der Waals surface area contributed by atoms with Gasteiger partial charge in [-0.25, -0.2) is 10.4 Å². The number of rotatable bonds is 3. The Bertz CT molecular complexity index is 658. The lowest BCUT2D eigenvalue weighted by molar-refractivity contribution is -0.121. The zero-order chi connectivity index (χ0) is 13.2. The van der Waals surface area contributed by atoms with Crippen molar-refractivity contribution < 1.29 is 4.79 Å². The first-order chi connectivity index (χ1) is 9.26. The number of aromatic amines is 1. The Kier molecular flexibility index (Phi) is 3.00. The van der Waals surface area contributed by atoms with Crippen LogP contribution in [0.15, 0.2) is 23.3 Å². The molecular weight excluding hydrogens is 242 g/mol. The number of nitrogens with zero attached hydrogens (tertiary/aromatic N) is 2. The molecule has 0 radical (unpaired) electrons. The summed E-state index contributed by atoms with van der Waals surface area (Å²) >= 11 is 0. The maximum absolute atomic E-state index is 11.1. The van der Waals surface area contributed by atoms with Crippen LogP contribution in [0.3, 0.4) is 0 Å². The molecule has 6 nitrogen and oxygen atoms in total. The van der Waals surface area contributed by atoms with Gasteiger partial charge in [-0.05, 0) is 18.7 Å². The predicted octanol–water partition coefficient (Wildman–Crippen LogP) is 0.678. The molecule has 6 heteroatoms. The number of nitrogens with one attached hydrogen (secondary N) is 2. The molecule has 1 aromatic carbocycles. The van der Waals surface area contributed by atoms with Gasteiger partial charge in [-0.2, -0.15) is 5.10 Å². The van der Waals surface area contributed by atoms with Crippen molar-refractivity contribution in [1.82, 2.24) is 15.4 Å². The number of imidazole rings is 1. The number of hydrogen-bond donors (Lipinski definition) is 3. The monoisotopic (exact) mass is 257 g/mol. The summed E-state index contributed by atoms with van der Waals surface area (Å²) < 4.78 is 0. The second kappa shape index (κ2) is 4.81. The number of carbonyl (C=O) groups excluding carboxylic acids is 1. The zero-order valence-electron chi connectivity index (χ0n) is 10.4. The van der Waals surface area contributed by atoms with E-state index < -0.39 is 0 Å². The molecule has 1 amide bonds. The minimum Gasteiger partial charge on any atom is -0.342 e. The number of benzene rings is 1. The number of carbonyl (C=O) groups is 1. The minimum absolute atomic E-state index is 0.0326. The van der Waals surface area contributed by atoms with Gasteiger partial charge in [0.2, 0.25) is 5.91 Å². The Morgan fingerprint density at radius 1 is 1.32 bits per heavy atom. The topological polar surface area (TPSA) is 96.2 Å². The third kappa shape index (κ3) is 2.34. The van der Waals surface area contributed by atoms with Crippen LogP contribution >= 0.6 is 0 Å². The molecule has 0 fully saturated rings. The molecule has 1 aromatic heterocycles. The summed E-state index contributed by atoms with van der Waals surface area (Å²) in [7, 11) is 0. The average Bonchev–Trinajstić information content (AvgIpc) is 2.81. The van der Waals surface area contributed by atoms with Gasteiger partial charge in [0.05, 0.1) is 16.7 Å². The first-order valence-electron chi connectivity index (χ1n) is 6.31. The molecule has 0 atom stereocenters. The molecular formula is C13H15N5O. The Morgan fingerprint density at radius 3 is 2.95 bits per heavy atom. The van der Waals surface area contributed by atoms with E-state index in [-0.39, 0.29) is 5.91 Å². The van der Waals surface area contributed by atoms with Crippen LogP contribution in [-0.2, 0) is 11.2 Å². The van der Waals surface area contributed by atoms with E-state index in [0.29, 0.717) is 19.4 Å². The number of hydrogen-bond acceptors (Lipinski definition) is 4. The van der Waals surface area contributed by atoms with E-state index >= 15 is 0 Å². The van der Waals surface area contributed by atoms with Crippen LogP contribution in [-0.4, -0.2) is 28.1 Å². The van der Waals surface area contributed by atoms with Gasteiger partial charge in [-0.3, -0.25) is 4.79 Å². The van der Waals surface area contributed by atoms with E-state index in [1.54, 1.807) is 0 Å². The van der Waals surface area contributed by atoms with Crippen molar-refractivity contribution in [2.24, 2.45) is 10.8 Å². The fourth-order valence-electron chi connectivity index (χ4n) is 2.18. The first-order valence-corrected chi connectivity index (χ1v) is 6.31. The quantitative estimate of drug-likeness (QED) is 0.754. The first kappa shape index (κ1) is 11.9. The van der Waals surface area contributed by atoms with E-state index in [4.69, 9.17) is 5.73 Å². The molecule has 0 saturated heterocycles. The van der Waals surface area contributed by atoms with Crippen LogP contribution in [0.5, 0.6) is 0 Å². The summed E-state index contributed by atoms with van der Waals surface area (Å²) in [5.74, 6) is 0.864. The van der Waals surface area contributed by atoms with Gasteiger partial charge < -0.3 is 10.7 Å². The van der Waals surface area contributed by atoms with Crippen molar-refractivity contribution in [3.8, 4) is 0 Å². The highest BCUT2D eigenvalue weighted by Crippen LogP contribution is 2.17. The molecule has 1 aliphatic rings. The SMILES string of the molecule is NCCc1nc2cc(C3=NNC(=O)CC3)ccc2[nH]1. The summed E-state index contributed by atoms with van der Waals surface area (Å²) in [5, 5.41) is 4.09. The van der Waals surface area contributed by atoms with Crippen LogP contribution in [0.4, 0.5) is 0 Å². The molecule has 4 N–H and O–H groups in total. The van der Waals surface area contributed by atoms with Gasteiger partial charge in [-0.1, -0.05) is 6.07 Å². The lowest BCUT2D eigenvalue weighted by Gasteiger charge is -2.11. The van der Waals surface area contributed by atoms with Crippen molar-refractivity contribution in [3.63, 3.8) is 0 Å². The van der Waals surface area contributed by atoms with Crippen molar-refractivity contribution in [3.05, 3.63) is 29.6 Å². The standard InChI is InChI=1S/C13H15N5O/c14-6-5-12-15-10-2-1-8(7-11(10)16-12)9-3-4-13(19)18-17-9/h1-2,7H,3-6,14H2,(H,15,16)(H,18,19). The fourth-order valence-corrected chi connectivity index (χ4v) is 2.18. The molecule has 2 aromatic rings. The van der Waals surface area contributed by atoms with Crippen molar-refractivity contribution in [2.45, 2.75) is 19.3 Å². The lowest BCUT2D eigenvalue weighted by Crippen LogP contribution is -2.25. The Labute approximate surface area is 110 Å². The second-order valence-electron chi connectivity index (χ2n) is 4.55. The smallest absolute Gasteiger partial charge is 0.240 e. The van der Waals surface area contributed by atoms with Gasteiger partial charge in [-0.15, -0.1) is 0 Å². The lowest BCUT2D eigenvalue weighted by atomic mass is 10.0. The van der Waals surface area contributed by atoms with Crippen LogP contribution < -0.4 is 11.2 Å². The third-order valence-electron chi connectivity index (χ3n) is 3.15. The number of fused-ring (bicyclic) bond motifs is 1. The van der Waals surface area contributed by atoms with Crippen molar-refractivity contribution in [1.29, 1.82) is 0 Å². The summed E-state index contributed by atoms with van der Waals surface area (Å²) in [6.45, 7) is 0.575. The minimum atomic E-state index is -0.0326. The van der Waals surface area contributed by atoms with Crippen molar-refractivity contribution in [2.75, 3.05) is 6.54 Å². The average molecular weight is 257 g/mol. The molecule has 3 rings (SSSR count). The van der Waals surface area contributed by atoms with E-state index in [0.717, 1.165) is 34.6 Å². The van der Waals surface area contributed by atoms with E-state index in [1.807, 2.05) is 18.2 Å². The number of amides is 1. The summed E-state index contributed by atoms with van der Waals surface area (Å²) in [5.41, 5.74) is 11.8. The number of nitrogens with two attached hydrogens (primary N) is 1. The predicted molar refractivity (Wildman–Crippen MR) is 72.8 cm³/mol. The highest BCUT2D eigenvalue weighted by atomic mass is 16.2. The summed E-state index contributed by atoms with van der Waals surface area (Å²) in [6, 6.07) is 5.96. The van der Waals surface area contributed by atoms with E-state index in [9.17, 15) is 4.79 Å². The highest BCUT2D eigenvalue weighted by Gasteiger charge is 2.14. The molecule has 0 saturated carbocycles. The molecule has 1 aliphatic heterocycles. The Hall–Kier alpha value is -2.21. The molecule has 19 heavy (non-hydrogen) atoms. The molecule has 2 heterocycles. The van der Waals surface area contributed by atoms with E-state index in [1.165, 1.54) is 0 Å².